The van der Waals surface area contributed by atoms with Crippen LogP contribution in [0.25, 0.3) is 0 Å². The second-order valence-electron chi connectivity index (χ2n) is 3.30. The molecule has 1 nitrogen and oxygen atoms in total. The minimum atomic E-state index is -0.562. The van der Waals surface area contributed by atoms with Gasteiger partial charge in [0.1, 0.15) is 3.23 Å². The lowest BCUT2D eigenvalue weighted by molar-refractivity contribution is 0.0972. The van der Waals surface area contributed by atoms with Crippen LogP contribution in [0.3, 0.4) is 0 Å². The number of alkyl halides is 2. The highest BCUT2D eigenvalue weighted by molar-refractivity contribution is 9.26. The number of hydrogen-bond donors (Lipinski definition) is 0. The Kier molecular flexibility index (Phi) is 2.88. The molecule has 0 amide bonds. The van der Waals surface area contributed by atoms with Gasteiger partial charge in [-0.25, -0.2) is 0 Å². The number of fused-ring (bicyclic) bond motifs is 1. The molecule has 1 aromatic rings. The van der Waals surface area contributed by atoms with Crippen molar-refractivity contribution in [2.75, 3.05) is 0 Å². The molecule has 1 aliphatic carbocycles. The summed E-state index contributed by atoms with van der Waals surface area (Å²) in [5.74, 6) is 0.111. The van der Waals surface area contributed by atoms with Crippen molar-refractivity contribution in [1.82, 2.24) is 0 Å². The lowest BCUT2D eigenvalue weighted by Crippen LogP contribution is -2.31. The zero-order chi connectivity index (χ0) is 10.3. The highest BCUT2D eigenvalue weighted by Crippen LogP contribution is 2.41. The van der Waals surface area contributed by atoms with Gasteiger partial charge < -0.3 is 0 Å². The summed E-state index contributed by atoms with van der Waals surface area (Å²) in [6, 6.07) is 5.74. The van der Waals surface area contributed by atoms with Crippen molar-refractivity contribution in [3.63, 3.8) is 0 Å². The van der Waals surface area contributed by atoms with Gasteiger partial charge in [0.05, 0.1) is 0 Å². The Morgan fingerprint density at radius 3 is 2.71 bits per heavy atom. The third-order valence-electron chi connectivity index (χ3n) is 2.38. The van der Waals surface area contributed by atoms with Crippen LogP contribution in [-0.4, -0.2) is 9.02 Å². The summed E-state index contributed by atoms with van der Waals surface area (Å²) in [5.41, 5.74) is 1.92. The first kappa shape index (κ1) is 10.8. The number of halogens is 3. The number of ketones is 1. The van der Waals surface area contributed by atoms with Gasteiger partial charge in [-0.15, -0.1) is 0 Å². The minimum absolute atomic E-state index is 0.111. The molecule has 0 aromatic heterocycles. The Morgan fingerprint density at radius 2 is 2.00 bits per heavy atom. The Hall–Kier alpha value is 0.330. The predicted molar refractivity (Wildman–Crippen MR) is 67.4 cm³/mol. The van der Waals surface area contributed by atoms with Gasteiger partial charge in [-0.2, -0.15) is 0 Å². The van der Waals surface area contributed by atoms with Crippen LogP contribution in [0.5, 0.6) is 0 Å². The first-order chi connectivity index (χ1) is 6.52. The second kappa shape index (κ2) is 3.72. The van der Waals surface area contributed by atoms with E-state index in [9.17, 15) is 4.79 Å². The van der Waals surface area contributed by atoms with Crippen molar-refractivity contribution in [2.45, 2.75) is 16.1 Å². The van der Waals surface area contributed by atoms with Crippen LogP contribution in [-0.2, 0) is 6.42 Å². The average molecular weight is 383 g/mol. The van der Waals surface area contributed by atoms with E-state index in [0.29, 0.717) is 0 Å². The van der Waals surface area contributed by atoms with Gasteiger partial charge in [-0.05, 0) is 24.5 Å². The SMILES string of the molecule is O=C1c2cccc(Br)c2CCC1(Br)Br. The lowest BCUT2D eigenvalue weighted by atomic mass is 9.91. The van der Waals surface area contributed by atoms with E-state index in [1.54, 1.807) is 0 Å². The fourth-order valence-corrected chi connectivity index (χ4v) is 3.01. The van der Waals surface area contributed by atoms with Crippen LogP contribution < -0.4 is 0 Å². The molecule has 0 aliphatic heterocycles. The number of benzene rings is 1. The van der Waals surface area contributed by atoms with Crippen LogP contribution in [0, 0.1) is 0 Å². The molecule has 0 heterocycles. The van der Waals surface area contributed by atoms with E-state index < -0.39 is 3.23 Å². The Morgan fingerprint density at radius 1 is 1.29 bits per heavy atom. The number of carbonyl (C=O) groups excluding carboxylic acids is 1. The molecule has 0 saturated heterocycles. The third-order valence-corrected chi connectivity index (χ3v) is 4.64. The fraction of sp³-hybridized carbons (Fsp3) is 0.300. The molecule has 1 aliphatic rings. The largest absolute Gasteiger partial charge is 0.292 e. The quantitative estimate of drug-likeness (QED) is 0.618. The summed E-state index contributed by atoms with van der Waals surface area (Å²) in [7, 11) is 0. The van der Waals surface area contributed by atoms with E-state index in [2.05, 4.69) is 47.8 Å². The normalized spacial score (nSPS) is 19.2. The van der Waals surface area contributed by atoms with Crippen molar-refractivity contribution < 1.29 is 4.79 Å². The molecule has 0 bridgehead atoms. The molecule has 2 rings (SSSR count). The van der Waals surface area contributed by atoms with E-state index in [1.807, 2.05) is 18.2 Å². The zero-order valence-electron chi connectivity index (χ0n) is 7.19. The van der Waals surface area contributed by atoms with Crippen LogP contribution >= 0.6 is 47.8 Å². The molecule has 0 unspecified atom stereocenters. The summed E-state index contributed by atoms with van der Waals surface area (Å²) in [6.45, 7) is 0. The molecule has 4 heteroatoms. The molecule has 0 radical (unpaired) electrons. The van der Waals surface area contributed by atoms with Crippen LogP contribution in [0.4, 0.5) is 0 Å². The molecule has 74 valence electrons. The smallest absolute Gasteiger partial charge is 0.190 e. The molecule has 1 aromatic carbocycles. The third kappa shape index (κ3) is 1.72. The Bertz CT molecular complexity index is 398. The number of carbonyl (C=O) groups is 1. The monoisotopic (exact) mass is 380 g/mol. The first-order valence-corrected chi connectivity index (χ1v) is 6.60. The maximum atomic E-state index is 12.0. The summed E-state index contributed by atoms with van der Waals surface area (Å²) in [5, 5.41) is 0. The van der Waals surface area contributed by atoms with Crippen LogP contribution in [0.15, 0.2) is 22.7 Å². The Balaban J connectivity index is 2.57. The van der Waals surface area contributed by atoms with Crippen LogP contribution in [0.1, 0.15) is 22.3 Å². The minimum Gasteiger partial charge on any atom is -0.292 e. The van der Waals surface area contributed by atoms with Crippen molar-refractivity contribution in [3.05, 3.63) is 33.8 Å². The van der Waals surface area contributed by atoms with Crippen LogP contribution in [0.2, 0.25) is 0 Å². The van der Waals surface area contributed by atoms with Crippen molar-refractivity contribution in [3.8, 4) is 0 Å². The zero-order valence-corrected chi connectivity index (χ0v) is 11.9. The van der Waals surface area contributed by atoms with Gasteiger partial charge in [0.15, 0.2) is 5.78 Å². The number of Topliss-reactive ketones (excluding diaryl/α,β-unsaturated/α-hetero) is 1. The maximum absolute atomic E-state index is 12.0. The van der Waals surface area contributed by atoms with Gasteiger partial charge in [-0.1, -0.05) is 59.9 Å². The average Bonchev–Trinajstić information content (AvgIpc) is 2.13. The van der Waals surface area contributed by atoms with E-state index in [1.165, 1.54) is 0 Å². The Labute approximate surface area is 108 Å². The topological polar surface area (TPSA) is 17.1 Å². The molecule has 0 atom stereocenters. The van der Waals surface area contributed by atoms with E-state index >= 15 is 0 Å². The highest BCUT2D eigenvalue weighted by atomic mass is 79.9. The standard InChI is InChI=1S/C10H7Br3O/c11-8-3-1-2-7-6(8)4-5-10(12,13)9(7)14/h1-3H,4-5H2. The van der Waals surface area contributed by atoms with E-state index in [0.717, 1.165) is 28.4 Å². The summed E-state index contributed by atoms with van der Waals surface area (Å²) < 4.78 is 0.465. The number of hydrogen-bond acceptors (Lipinski definition) is 1. The molecule has 0 N–H and O–H groups in total. The van der Waals surface area contributed by atoms with Gasteiger partial charge in [-0.3, -0.25) is 4.79 Å². The summed E-state index contributed by atoms with van der Waals surface area (Å²) in [4.78, 5) is 12.0. The molecule has 0 spiro atoms. The summed E-state index contributed by atoms with van der Waals surface area (Å²) in [6.07, 6.45) is 1.68. The first-order valence-electron chi connectivity index (χ1n) is 4.22. The van der Waals surface area contributed by atoms with Crippen molar-refractivity contribution in [1.29, 1.82) is 0 Å². The molecule has 14 heavy (non-hydrogen) atoms. The molecular formula is C10H7Br3O. The maximum Gasteiger partial charge on any atom is 0.190 e. The molecule has 0 fully saturated rings. The van der Waals surface area contributed by atoms with Gasteiger partial charge >= 0.3 is 0 Å². The predicted octanol–water partition coefficient (Wildman–Crippen LogP) is 4.06. The van der Waals surface area contributed by atoms with Gasteiger partial charge in [0, 0.05) is 10.0 Å². The molecule has 0 saturated carbocycles. The van der Waals surface area contributed by atoms with E-state index in [-0.39, 0.29) is 5.78 Å². The van der Waals surface area contributed by atoms with E-state index in [4.69, 9.17) is 0 Å². The van der Waals surface area contributed by atoms with Crippen molar-refractivity contribution in [2.24, 2.45) is 0 Å². The van der Waals surface area contributed by atoms with Gasteiger partial charge in [0.25, 0.3) is 0 Å². The highest BCUT2D eigenvalue weighted by Gasteiger charge is 2.38. The fourth-order valence-electron chi connectivity index (χ4n) is 1.62. The van der Waals surface area contributed by atoms with Gasteiger partial charge in [0.2, 0.25) is 0 Å². The molecular weight excluding hydrogens is 376 g/mol. The second-order valence-corrected chi connectivity index (χ2v) is 7.93. The summed E-state index contributed by atoms with van der Waals surface area (Å²) >= 11 is 10.3. The lowest BCUT2D eigenvalue weighted by Gasteiger charge is -2.26. The van der Waals surface area contributed by atoms with Crippen molar-refractivity contribution >= 4 is 53.6 Å². The number of rotatable bonds is 0.